The monoisotopic (exact) mass is 197 g/mol. The summed E-state index contributed by atoms with van der Waals surface area (Å²) in [6.07, 6.45) is 0.743. The van der Waals surface area contributed by atoms with Crippen molar-refractivity contribution in [3.8, 4) is 0 Å². The fourth-order valence-electron chi connectivity index (χ4n) is 2.38. The van der Waals surface area contributed by atoms with E-state index in [1.165, 1.54) is 21.9 Å². The number of oxime groups is 1. The second-order valence-electron chi connectivity index (χ2n) is 3.99. The first-order valence-electron chi connectivity index (χ1n) is 5.04. The molecule has 0 fully saturated rings. The Bertz CT molecular complexity index is 584. The van der Waals surface area contributed by atoms with Crippen molar-refractivity contribution in [1.82, 2.24) is 0 Å². The quantitative estimate of drug-likeness (QED) is 0.511. The molecule has 0 saturated carbocycles. The Hall–Kier alpha value is -1.83. The third-order valence-electron chi connectivity index (χ3n) is 3.13. The lowest BCUT2D eigenvalue weighted by Gasteiger charge is -2.03. The predicted octanol–water partition coefficient (Wildman–Crippen LogP) is 2.88. The first kappa shape index (κ1) is 8.48. The van der Waals surface area contributed by atoms with Gasteiger partial charge in [0.2, 0.25) is 0 Å². The van der Waals surface area contributed by atoms with E-state index in [1.807, 2.05) is 6.07 Å². The van der Waals surface area contributed by atoms with Gasteiger partial charge in [-0.25, -0.2) is 0 Å². The summed E-state index contributed by atoms with van der Waals surface area (Å²) < 4.78 is 0. The van der Waals surface area contributed by atoms with Crippen LogP contribution in [0.25, 0.3) is 10.8 Å². The van der Waals surface area contributed by atoms with Gasteiger partial charge < -0.3 is 5.21 Å². The Labute approximate surface area is 87.8 Å². The zero-order valence-electron chi connectivity index (χ0n) is 8.49. The molecule has 1 N–H and O–H groups in total. The molecule has 2 aromatic carbocycles. The average Bonchev–Trinajstić information content (AvgIpc) is 2.63. The summed E-state index contributed by atoms with van der Waals surface area (Å²) in [6, 6.07) is 10.4. The van der Waals surface area contributed by atoms with Crippen molar-refractivity contribution in [1.29, 1.82) is 0 Å². The molecule has 0 radical (unpaired) electrons. The fourth-order valence-corrected chi connectivity index (χ4v) is 2.38. The van der Waals surface area contributed by atoms with Crippen LogP contribution in [-0.2, 0) is 6.42 Å². The van der Waals surface area contributed by atoms with Crippen molar-refractivity contribution in [3.05, 3.63) is 47.0 Å². The molecule has 15 heavy (non-hydrogen) atoms. The van der Waals surface area contributed by atoms with E-state index < -0.39 is 0 Å². The maximum atomic E-state index is 8.95. The Kier molecular flexibility index (Phi) is 1.60. The maximum absolute atomic E-state index is 8.95. The Morgan fingerprint density at radius 1 is 1.20 bits per heavy atom. The minimum Gasteiger partial charge on any atom is -0.411 e. The van der Waals surface area contributed by atoms with Crippen LogP contribution in [-0.4, -0.2) is 10.9 Å². The molecule has 3 rings (SSSR count). The van der Waals surface area contributed by atoms with Crippen LogP contribution in [0.2, 0.25) is 0 Å². The lowest BCUT2D eigenvalue weighted by Crippen LogP contribution is -1.96. The molecule has 1 aliphatic rings. The van der Waals surface area contributed by atoms with Crippen LogP contribution in [0, 0.1) is 6.92 Å². The second-order valence-corrected chi connectivity index (χ2v) is 3.99. The van der Waals surface area contributed by atoms with E-state index in [0.717, 1.165) is 17.7 Å². The average molecular weight is 197 g/mol. The van der Waals surface area contributed by atoms with Crippen LogP contribution in [0.4, 0.5) is 0 Å². The third-order valence-corrected chi connectivity index (χ3v) is 3.13. The summed E-state index contributed by atoms with van der Waals surface area (Å²) in [5.41, 5.74) is 4.39. The molecule has 1 aliphatic carbocycles. The molecule has 0 spiro atoms. The van der Waals surface area contributed by atoms with Gasteiger partial charge in [0.05, 0.1) is 5.71 Å². The molecule has 0 aromatic heterocycles. The van der Waals surface area contributed by atoms with Crippen LogP contribution in [0.1, 0.15) is 16.7 Å². The van der Waals surface area contributed by atoms with E-state index in [1.54, 1.807) is 0 Å². The highest BCUT2D eigenvalue weighted by Crippen LogP contribution is 2.32. The molecule has 0 bridgehead atoms. The van der Waals surface area contributed by atoms with E-state index in [-0.39, 0.29) is 0 Å². The summed E-state index contributed by atoms with van der Waals surface area (Å²) in [5.74, 6) is 0. The smallest absolute Gasteiger partial charge is 0.0918 e. The highest BCUT2D eigenvalue weighted by Gasteiger charge is 2.20. The van der Waals surface area contributed by atoms with Crippen LogP contribution >= 0.6 is 0 Å². The molecule has 0 aliphatic heterocycles. The van der Waals surface area contributed by atoms with Crippen LogP contribution in [0.3, 0.4) is 0 Å². The van der Waals surface area contributed by atoms with E-state index >= 15 is 0 Å². The third kappa shape index (κ3) is 1.02. The Balaban J connectivity index is 2.51. The van der Waals surface area contributed by atoms with Crippen molar-refractivity contribution in [2.75, 3.05) is 0 Å². The summed E-state index contributed by atoms with van der Waals surface area (Å²) in [7, 11) is 0. The molecular formula is C13H11NO. The Morgan fingerprint density at radius 3 is 2.87 bits per heavy atom. The van der Waals surface area contributed by atoms with Gasteiger partial charge >= 0.3 is 0 Å². The van der Waals surface area contributed by atoms with Crippen molar-refractivity contribution in [2.45, 2.75) is 13.3 Å². The van der Waals surface area contributed by atoms with Gasteiger partial charge in [-0.05, 0) is 28.8 Å². The number of hydrogen-bond acceptors (Lipinski definition) is 2. The standard InChI is InChI=1S/C13H11NO/c1-8-5-6-11-12(14-15)7-9-3-2-4-10(8)13(9)11/h2-6,15H,7H2,1H3. The molecule has 2 heteroatoms. The van der Waals surface area contributed by atoms with Gasteiger partial charge in [-0.1, -0.05) is 35.5 Å². The fraction of sp³-hybridized carbons (Fsp3) is 0.154. The van der Waals surface area contributed by atoms with E-state index in [0.29, 0.717) is 0 Å². The van der Waals surface area contributed by atoms with E-state index in [4.69, 9.17) is 5.21 Å². The lowest BCUT2D eigenvalue weighted by molar-refractivity contribution is 0.318. The minimum absolute atomic E-state index is 0.743. The summed E-state index contributed by atoms with van der Waals surface area (Å²) >= 11 is 0. The molecule has 0 atom stereocenters. The second kappa shape index (κ2) is 2.83. The number of aryl methyl sites for hydroxylation is 1. The normalized spacial score (nSPS) is 16.5. The molecule has 74 valence electrons. The van der Waals surface area contributed by atoms with Crippen LogP contribution < -0.4 is 0 Å². The minimum atomic E-state index is 0.743. The van der Waals surface area contributed by atoms with Gasteiger partial charge in [-0.15, -0.1) is 0 Å². The molecule has 2 nitrogen and oxygen atoms in total. The van der Waals surface area contributed by atoms with Gasteiger partial charge in [-0.3, -0.25) is 0 Å². The summed E-state index contributed by atoms with van der Waals surface area (Å²) in [6.45, 7) is 2.11. The number of rotatable bonds is 0. The highest BCUT2D eigenvalue weighted by atomic mass is 16.4. The van der Waals surface area contributed by atoms with E-state index in [9.17, 15) is 0 Å². The molecule has 0 amide bonds. The number of hydrogen-bond donors (Lipinski definition) is 1. The first-order valence-corrected chi connectivity index (χ1v) is 5.04. The number of nitrogens with zero attached hydrogens (tertiary/aromatic N) is 1. The van der Waals surface area contributed by atoms with Crippen molar-refractivity contribution in [2.24, 2.45) is 5.16 Å². The number of benzene rings is 2. The van der Waals surface area contributed by atoms with Gasteiger partial charge in [0.1, 0.15) is 0 Å². The SMILES string of the molecule is Cc1ccc2c3c(cccc13)CC2=NO. The predicted molar refractivity (Wildman–Crippen MR) is 60.7 cm³/mol. The maximum Gasteiger partial charge on any atom is 0.0918 e. The van der Waals surface area contributed by atoms with Crippen LogP contribution in [0.5, 0.6) is 0 Å². The largest absolute Gasteiger partial charge is 0.411 e. The van der Waals surface area contributed by atoms with E-state index in [2.05, 4.69) is 36.3 Å². The van der Waals surface area contributed by atoms with Gasteiger partial charge in [-0.2, -0.15) is 0 Å². The topological polar surface area (TPSA) is 32.6 Å². The summed E-state index contributed by atoms with van der Waals surface area (Å²) in [5, 5.41) is 14.8. The van der Waals surface area contributed by atoms with Crippen LogP contribution in [0.15, 0.2) is 35.5 Å². The molecule has 0 heterocycles. The lowest BCUT2D eigenvalue weighted by atomic mass is 10.0. The van der Waals surface area contributed by atoms with Gasteiger partial charge in [0, 0.05) is 12.0 Å². The van der Waals surface area contributed by atoms with Crippen molar-refractivity contribution in [3.63, 3.8) is 0 Å². The molecule has 2 aromatic rings. The highest BCUT2D eigenvalue weighted by molar-refractivity contribution is 6.18. The van der Waals surface area contributed by atoms with Crippen molar-refractivity contribution < 1.29 is 5.21 Å². The Morgan fingerprint density at radius 2 is 2.07 bits per heavy atom. The zero-order chi connectivity index (χ0) is 10.4. The summed E-state index contributed by atoms with van der Waals surface area (Å²) in [4.78, 5) is 0. The van der Waals surface area contributed by atoms with Crippen molar-refractivity contribution >= 4 is 16.5 Å². The molecule has 0 unspecified atom stereocenters. The first-order chi connectivity index (χ1) is 7.31. The zero-order valence-corrected chi connectivity index (χ0v) is 8.49. The van der Waals surface area contributed by atoms with Gasteiger partial charge in [0.15, 0.2) is 0 Å². The molecule has 0 saturated heterocycles. The molecular weight excluding hydrogens is 186 g/mol. The van der Waals surface area contributed by atoms with Gasteiger partial charge in [0.25, 0.3) is 0 Å².